The molecule has 3 heterocycles. The predicted octanol–water partition coefficient (Wildman–Crippen LogP) is 4.87. The van der Waals surface area contributed by atoms with Crippen LogP contribution in [0.5, 0.6) is 0 Å². The fraction of sp³-hybridized carbons (Fsp3) is 0.286. The summed E-state index contributed by atoms with van der Waals surface area (Å²) in [6, 6.07) is 7.95. The normalized spacial score (nSPS) is 14.4. The molecule has 0 radical (unpaired) electrons. The number of aromatic nitrogens is 1. The monoisotopic (exact) mass is 434 g/mol. The number of nitrogens with zero attached hydrogens (tertiary/aromatic N) is 2. The number of amides is 2. The van der Waals surface area contributed by atoms with Gasteiger partial charge in [-0.25, -0.2) is 4.79 Å². The average molecular weight is 434 g/mol. The number of hydrogen-bond donors (Lipinski definition) is 2. The Kier molecular flexibility index (Phi) is 5.57. The number of nitrogens with one attached hydrogen (secondary N) is 2. The van der Waals surface area contributed by atoms with E-state index >= 15 is 0 Å². The Balaban J connectivity index is 1.50. The van der Waals surface area contributed by atoms with Gasteiger partial charge in [-0.3, -0.25) is 0 Å². The molecular weight excluding hydrogens is 413 g/mol. The standard InChI is InChI=1S/C21H21F3N4OS/c1-27-10-7-16-17(19(30-18(16)13-27)28-8-2-3-9-28)12-25-20(29)26-15-6-4-5-14(11-15)21(22,23)24/h2-6,8-9,11H,7,10,12-13H2,1H3,(H2,25,26,29). The molecule has 0 spiro atoms. The number of hydrogen-bond acceptors (Lipinski definition) is 3. The van der Waals surface area contributed by atoms with Gasteiger partial charge in [0.15, 0.2) is 0 Å². The summed E-state index contributed by atoms with van der Waals surface area (Å²) >= 11 is 1.71. The number of anilines is 1. The summed E-state index contributed by atoms with van der Waals surface area (Å²) in [5.74, 6) is 0. The van der Waals surface area contributed by atoms with E-state index in [0.29, 0.717) is 6.54 Å². The van der Waals surface area contributed by atoms with Crippen LogP contribution >= 0.6 is 11.3 Å². The highest BCUT2D eigenvalue weighted by molar-refractivity contribution is 7.14. The number of thiophene rings is 1. The van der Waals surface area contributed by atoms with Crippen molar-refractivity contribution < 1.29 is 18.0 Å². The average Bonchev–Trinajstić information content (AvgIpc) is 3.33. The fourth-order valence-corrected chi connectivity index (χ4v) is 4.97. The van der Waals surface area contributed by atoms with E-state index in [1.807, 2.05) is 29.1 Å². The maximum Gasteiger partial charge on any atom is 0.416 e. The van der Waals surface area contributed by atoms with Crippen LogP contribution in [0.3, 0.4) is 0 Å². The molecule has 3 aromatic rings. The van der Waals surface area contributed by atoms with Gasteiger partial charge in [-0.1, -0.05) is 6.07 Å². The molecule has 2 amide bonds. The van der Waals surface area contributed by atoms with Crippen molar-refractivity contribution in [2.45, 2.75) is 25.7 Å². The van der Waals surface area contributed by atoms with Gasteiger partial charge in [-0.05, 0) is 49.4 Å². The first kappa shape index (κ1) is 20.5. The summed E-state index contributed by atoms with van der Waals surface area (Å²) in [5, 5.41) is 6.36. The molecule has 1 aliphatic heterocycles. The minimum Gasteiger partial charge on any atom is -0.334 e. The lowest BCUT2D eigenvalue weighted by Crippen LogP contribution is -2.30. The van der Waals surface area contributed by atoms with Crippen LogP contribution in [0.25, 0.3) is 5.00 Å². The molecule has 0 aliphatic carbocycles. The molecule has 1 aromatic carbocycles. The van der Waals surface area contributed by atoms with Crippen molar-refractivity contribution in [3.8, 4) is 5.00 Å². The number of rotatable bonds is 4. The fourth-order valence-electron chi connectivity index (χ4n) is 3.56. The van der Waals surface area contributed by atoms with Crippen LogP contribution in [0.15, 0.2) is 48.8 Å². The lowest BCUT2D eigenvalue weighted by Gasteiger charge is -2.22. The summed E-state index contributed by atoms with van der Waals surface area (Å²) in [7, 11) is 2.08. The first-order valence-corrected chi connectivity index (χ1v) is 10.3. The Morgan fingerprint density at radius 3 is 2.70 bits per heavy atom. The van der Waals surface area contributed by atoms with Gasteiger partial charge in [0, 0.05) is 48.2 Å². The minimum absolute atomic E-state index is 0.0990. The molecular formula is C21H21F3N4OS. The summed E-state index contributed by atoms with van der Waals surface area (Å²) in [4.78, 5) is 15.9. The van der Waals surface area contributed by atoms with E-state index in [9.17, 15) is 18.0 Å². The molecule has 2 aromatic heterocycles. The number of halogens is 3. The van der Waals surface area contributed by atoms with Crippen LogP contribution in [-0.2, 0) is 25.7 Å². The zero-order chi connectivity index (χ0) is 21.3. The van der Waals surface area contributed by atoms with Crippen LogP contribution in [0, 0.1) is 0 Å². The van der Waals surface area contributed by atoms with Crippen LogP contribution in [-0.4, -0.2) is 29.1 Å². The second-order valence-electron chi connectivity index (χ2n) is 7.25. The summed E-state index contributed by atoms with van der Waals surface area (Å²) in [5.41, 5.74) is 1.60. The van der Waals surface area contributed by atoms with Crippen LogP contribution in [0.4, 0.5) is 23.7 Å². The van der Waals surface area contributed by atoms with Gasteiger partial charge < -0.3 is 20.1 Å². The van der Waals surface area contributed by atoms with Gasteiger partial charge in [0.2, 0.25) is 0 Å². The number of fused-ring (bicyclic) bond motifs is 1. The smallest absolute Gasteiger partial charge is 0.334 e. The topological polar surface area (TPSA) is 49.3 Å². The van der Waals surface area contributed by atoms with Crippen LogP contribution in [0.1, 0.15) is 21.6 Å². The van der Waals surface area contributed by atoms with E-state index in [1.54, 1.807) is 11.3 Å². The van der Waals surface area contributed by atoms with E-state index < -0.39 is 17.8 Å². The zero-order valence-corrected chi connectivity index (χ0v) is 17.1. The molecule has 4 rings (SSSR count). The van der Waals surface area contributed by atoms with Crippen molar-refractivity contribution >= 4 is 23.1 Å². The van der Waals surface area contributed by atoms with Crippen LogP contribution < -0.4 is 10.6 Å². The molecule has 5 nitrogen and oxygen atoms in total. The molecule has 2 N–H and O–H groups in total. The highest BCUT2D eigenvalue weighted by atomic mass is 32.1. The highest BCUT2D eigenvalue weighted by Gasteiger charge is 2.30. The maximum absolute atomic E-state index is 12.9. The number of urea groups is 1. The Morgan fingerprint density at radius 1 is 1.20 bits per heavy atom. The third-order valence-corrected chi connectivity index (χ3v) is 6.32. The number of likely N-dealkylation sites (N-methyl/N-ethyl adjacent to an activating group) is 1. The zero-order valence-electron chi connectivity index (χ0n) is 16.3. The SMILES string of the molecule is CN1CCc2c(sc(-n3cccc3)c2CNC(=O)Nc2cccc(C(F)(F)F)c2)C1. The minimum atomic E-state index is -4.46. The van der Waals surface area contributed by atoms with E-state index in [4.69, 9.17) is 0 Å². The molecule has 0 saturated carbocycles. The molecule has 0 unspecified atom stereocenters. The molecule has 30 heavy (non-hydrogen) atoms. The second-order valence-corrected chi connectivity index (χ2v) is 8.34. The Morgan fingerprint density at radius 2 is 1.97 bits per heavy atom. The van der Waals surface area contributed by atoms with E-state index in [-0.39, 0.29) is 5.69 Å². The third kappa shape index (κ3) is 4.36. The van der Waals surface area contributed by atoms with Crippen molar-refractivity contribution in [2.24, 2.45) is 0 Å². The Bertz CT molecular complexity index is 1040. The molecule has 0 saturated heterocycles. The predicted molar refractivity (Wildman–Crippen MR) is 111 cm³/mol. The third-order valence-electron chi connectivity index (χ3n) is 5.05. The Labute approximate surface area is 176 Å². The largest absolute Gasteiger partial charge is 0.416 e. The number of carbonyl (C=O) groups excluding carboxylic acids is 1. The van der Waals surface area contributed by atoms with Crippen LogP contribution in [0.2, 0.25) is 0 Å². The number of benzene rings is 1. The lowest BCUT2D eigenvalue weighted by molar-refractivity contribution is -0.137. The summed E-state index contributed by atoms with van der Waals surface area (Å²) in [6.45, 7) is 2.11. The van der Waals surface area contributed by atoms with Crippen molar-refractivity contribution in [3.05, 3.63) is 70.4 Å². The highest BCUT2D eigenvalue weighted by Crippen LogP contribution is 2.35. The van der Waals surface area contributed by atoms with Gasteiger partial charge in [-0.15, -0.1) is 11.3 Å². The van der Waals surface area contributed by atoms with Gasteiger partial charge >= 0.3 is 12.2 Å². The van der Waals surface area contributed by atoms with Crippen molar-refractivity contribution in [3.63, 3.8) is 0 Å². The number of carbonyl (C=O) groups is 1. The van der Waals surface area contributed by atoms with Gasteiger partial charge in [0.25, 0.3) is 0 Å². The quantitative estimate of drug-likeness (QED) is 0.616. The van der Waals surface area contributed by atoms with Gasteiger partial charge in [0.05, 0.1) is 5.56 Å². The van der Waals surface area contributed by atoms with Crippen molar-refractivity contribution in [1.82, 2.24) is 14.8 Å². The van der Waals surface area contributed by atoms with Gasteiger partial charge in [0.1, 0.15) is 5.00 Å². The van der Waals surface area contributed by atoms with E-state index in [2.05, 4.69) is 22.6 Å². The maximum atomic E-state index is 12.9. The van der Waals surface area contributed by atoms with Crippen molar-refractivity contribution in [2.75, 3.05) is 18.9 Å². The molecule has 9 heteroatoms. The summed E-state index contributed by atoms with van der Waals surface area (Å²) < 4.78 is 40.7. The van der Waals surface area contributed by atoms with Crippen molar-refractivity contribution in [1.29, 1.82) is 0 Å². The first-order chi connectivity index (χ1) is 14.3. The molecule has 0 atom stereocenters. The first-order valence-electron chi connectivity index (χ1n) is 9.48. The van der Waals surface area contributed by atoms with Gasteiger partial charge in [-0.2, -0.15) is 13.2 Å². The molecule has 1 aliphatic rings. The molecule has 0 fully saturated rings. The van der Waals surface area contributed by atoms with E-state index in [0.717, 1.165) is 42.2 Å². The summed E-state index contributed by atoms with van der Waals surface area (Å²) in [6.07, 6.45) is 0.374. The lowest BCUT2D eigenvalue weighted by atomic mass is 10.0. The molecule has 158 valence electrons. The second kappa shape index (κ2) is 8.16. The number of alkyl halides is 3. The molecule has 0 bridgehead atoms. The Hall–Kier alpha value is -2.78. The van der Waals surface area contributed by atoms with E-state index in [1.165, 1.54) is 22.6 Å².